The molecular formula is C7H9N5O2. The third kappa shape index (κ3) is 1.10. The van der Waals surface area contributed by atoms with Gasteiger partial charge in [-0.05, 0) is 6.92 Å². The van der Waals surface area contributed by atoms with Gasteiger partial charge in [0.25, 0.3) is 5.91 Å². The van der Waals surface area contributed by atoms with Crippen molar-refractivity contribution in [3.05, 3.63) is 0 Å². The highest BCUT2D eigenvalue weighted by molar-refractivity contribution is 6.70. The largest absolute Gasteiger partial charge is 0.350 e. The van der Waals surface area contributed by atoms with Gasteiger partial charge in [0.1, 0.15) is 0 Å². The Hall–Kier alpha value is -1.76. The van der Waals surface area contributed by atoms with Crippen molar-refractivity contribution in [2.75, 3.05) is 6.54 Å². The van der Waals surface area contributed by atoms with Crippen molar-refractivity contribution in [3.8, 4) is 0 Å². The third-order valence-corrected chi connectivity index (χ3v) is 1.98. The van der Waals surface area contributed by atoms with Crippen LogP contribution in [0.1, 0.15) is 6.92 Å². The summed E-state index contributed by atoms with van der Waals surface area (Å²) in [4.78, 5) is 31.4. The van der Waals surface area contributed by atoms with Crippen LogP contribution in [0.4, 0.5) is 4.79 Å². The van der Waals surface area contributed by atoms with Crippen molar-refractivity contribution in [3.63, 3.8) is 0 Å². The highest BCUT2D eigenvalue weighted by Crippen LogP contribution is 2.11. The molecule has 0 saturated carbocycles. The summed E-state index contributed by atoms with van der Waals surface area (Å²) < 4.78 is 0. The monoisotopic (exact) mass is 195 g/mol. The van der Waals surface area contributed by atoms with Gasteiger partial charge >= 0.3 is 6.03 Å². The molecule has 0 spiro atoms. The number of urea groups is 1. The second-order valence-corrected chi connectivity index (χ2v) is 2.86. The molecule has 2 heterocycles. The number of fused-ring (bicyclic) bond motifs is 1. The van der Waals surface area contributed by atoms with Crippen LogP contribution in [-0.2, 0) is 4.79 Å². The van der Waals surface area contributed by atoms with Crippen molar-refractivity contribution >= 4 is 23.5 Å². The minimum atomic E-state index is -0.795. The molecule has 3 amide bonds. The lowest BCUT2D eigenvalue weighted by Crippen LogP contribution is -2.52. The summed E-state index contributed by atoms with van der Waals surface area (Å²) in [5.41, 5.74) is 5.49. The molecule has 2 aliphatic heterocycles. The van der Waals surface area contributed by atoms with Crippen LogP contribution < -0.4 is 11.1 Å². The van der Waals surface area contributed by atoms with Gasteiger partial charge in [-0.15, -0.1) is 0 Å². The number of amidine groups is 1. The van der Waals surface area contributed by atoms with E-state index < -0.39 is 18.2 Å². The van der Waals surface area contributed by atoms with Crippen LogP contribution in [-0.4, -0.2) is 41.2 Å². The lowest BCUT2D eigenvalue weighted by Gasteiger charge is -2.20. The van der Waals surface area contributed by atoms with Crippen LogP contribution in [0.3, 0.4) is 0 Å². The number of carbonyl (C=O) groups excluding carboxylic acids is 2. The molecule has 0 aromatic carbocycles. The summed E-state index contributed by atoms with van der Waals surface area (Å²) in [5, 5.41) is 2.36. The van der Waals surface area contributed by atoms with Gasteiger partial charge < -0.3 is 5.32 Å². The quantitative estimate of drug-likeness (QED) is 0.541. The topological polar surface area (TPSA) is 100 Å². The van der Waals surface area contributed by atoms with E-state index in [-0.39, 0.29) is 11.5 Å². The van der Waals surface area contributed by atoms with Crippen LogP contribution in [0.15, 0.2) is 9.98 Å². The number of rotatable bonds is 1. The molecule has 0 radical (unpaired) electrons. The summed E-state index contributed by atoms with van der Waals surface area (Å²) >= 11 is 0. The molecule has 0 aliphatic carbocycles. The maximum absolute atomic E-state index is 11.3. The molecule has 0 aromatic rings. The number of hydrogen-bond acceptors (Lipinski definition) is 4. The minimum Gasteiger partial charge on any atom is -0.316 e. The van der Waals surface area contributed by atoms with E-state index in [4.69, 9.17) is 5.73 Å². The average molecular weight is 195 g/mol. The van der Waals surface area contributed by atoms with Gasteiger partial charge in [-0.2, -0.15) is 4.99 Å². The van der Waals surface area contributed by atoms with Gasteiger partial charge in [-0.25, -0.2) is 9.79 Å². The Balaban J connectivity index is 2.44. The second kappa shape index (κ2) is 2.88. The molecule has 0 fully saturated rings. The van der Waals surface area contributed by atoms with Crippen molar-refractivity contribution < 1.29 is 9.59 Å². The van der Waals surface area contributed by atoms with Crippen LogP contribution in [0, 0.1) is 0 Å². The van der Waals surface area contributed by atoms with Crippen LogP contribution >= 0.6 is 0 Å². The highest BCUT2D eigenvalue weighted by Gasteiger charge is 2.37. The third-order valence-electron chi connectivity index (χ3n) is 1.98. The van der Waals surface area contributed by atoms with E-state index >= 15 is 0 Å². The smallest absolute Gasteiger partial charge is 0.316 e. The zero-order chi connectivity index (χ0) is 10.3. The van der Waals surface area contributed by atoms with E-state index in [1.54, 1.807) is 6.92 Å². The molecule has 2 aliphatic rings. The number of nitrogens with zero attached hydrogens (tertiary/aromatic N) is 3. The highest BCUT2D eigenvalue weighted by atomic mass is 16.2. The van der Waals surface area contributed by atoms with Crippen LogP contribution in [0.2, 0.25) is 0 Å². The summed E-state index contributed by atoms with van der Waals surface area (Å²) in [5.74, 6) is -0.180. The first kappa shape index (κ1) is 8.82. The molecule has 2 rings (SSSR count). The number of hydrogen-bond donors (Lipinski definition) is 2. The molecule has 1 atom stereocenters. The van der Waals surface area contributed by atoms with Crippen molar-refractivity contribution in [1.29, 1.82) is 0 Å². The summed E-state index contributed by atoms with van der Waals surface area (Å²) in [6.45, 7) is 2.20. The maximum atomic E-state index is 11.3. The Morgan fingerprint density at radius 3 is 2.93 bits per heavy atom. The van der Waals surface area contributed by atoms with E-state index in [1.165, 1.54) is 4.90 Å². The SMILES string of the molecule is CCN1C(=O)N=C2C(=O)NC(N)N=C21. The Labute approximate surface area is 79.7 Å². The summed E-state index contributed by atoms with van der Waals surface area (Å²) in [6.07, 6.45) is -0.795. The van der Waals surface area contributed by atoms with Crippen molar-refractivity contribution in [1.82, 2.24) is 10.2 Å². The van der Waals surface area contributed by atoms with E-state index in [2.05, 4.69) is 15.3 Å². The molecule has 7 heteroatoms. The predicted molar refractivity (Wildman–Crippen MR) is 48.8 cm³/mol. The first-order valence-electron chi connectivity index (χ1n) is 4.18. The fourth-order valence-electron chi connectivity index (χ4n) is 1.36. The van der Waals surface area contributed by atoms with Gasteiger partial charge in [-0.3, -0.25) is 15.4 Å². The normalized spacial score (nSPS) is 25.6. The Morgan fingerprint density at radius 1 is 1.57 bits per heavy atom. The fraction of sp³-hybridized carbons (Fsp3) is 0.429. The maximum Gasteiger partial charge on any atom is 0.350 e. The van der Waals surface area contributed by atoms with Crippen molar-refractivity contribution in [2.24, 2.45) is 15.7 Å². The van der Waals surface area contributed by atoms with Gasteiger partial charge in [0.2, 0.25) is 0 Å². The lowest BCUT2D eigenvalue weighted by atomic mass is 10.3. The Bertz CT molecular complexity index is 372. The van der Waals surface area contributed by atoms with E-state index in [1.807, 2.05) is 0 Å². The van der Waals surface area contributed by atoms with E-state index in [9.17, 15) is 9.59 Å². The molecule has 14 heavy (non-hydrogen) atoms. The molecule has 3 N–H and O–H groups in total. The zero-order valence-electron chi connectivity index (χ0n) is 7.52. The Kier molecular flexibility index (Phi) is 1.81. The van der Waals surface area contributed by atoms with Crippen molar-refractivity contribution in [2.45, 2.75) is 13.2 Å². The first-order chi connectivity index (χ1) is 6.63. The molecule has 1 unspecified atom stereocenters. The zero-order valence-corrected chi connectivity index (χ0v) is 7.52. The number of carbonyl (C=O) groups is 2. The van der Waals surface area contributed by atoms with E-state index in [0.29, 0.717) is 6.54 Å². The standard InChI is InChI=1S/C7H9N5O2/c1-2-12-4-3(9-7(12)14)5(13)11-6(8)10-4/h6H,2,8H2,1H3,(H,11,13). The second-order valence-electron chi connectivity index (χ2n) is 2.86. The predicted octanol–water partition coefficient (Wildman–Crippen LogP) is -1.35. The lowest BCUT2D eigenvalue weighted by molar-refractivity contribution is -0.115. The van der Waals surface area contributed by atoms with Gasteiger partial charge in [0.15, 0.2) is 17.8 Å². The van der Waals surface area contributed by atoms with Gasteiger partial charge in [-0.1, -0.05) is 0 Å². The molecule has 74 valence electrons. The number of aliphatic imine (C=N–C) groups is 2. The summed E-state index contributed by atoms with van der Waals surface area (Å²) in [6, 6.07) is -0.467. The molecular weight excluding hydrogens is 186 g/mol. The van der Waals surface area contributed by atoms with Crippen LogP contribution in [0.25, 0.3) is 0 Å². The summed E-state index contributed by atoms with van der Waals surface area (Å²) in [7, 11) is 0. The molecule has 7 nitrogen and oxygen atoms in total. The first-order valence-corrected chi connectivity index (χ1v) is 4.18. The Morgan fingerprint density at radius 2 is 2.29 bits per heavy atom. The van der Waals surface area contributed by atoms with E-state index in [0.717, 1.165) is 0 Å². The minimum absolute atomic E-state index is 0.0542. The van der Waals surface area contributed by atoms with Gasteiger partial charge in [0.05, 0.1) is 0 Å². The fourth-order valence-corrected chi connectivity index (χ4v) is 1.36. The number of amides is 3. The number of nitrogens with one attached hydrogen (secondary N) is 1. The molecule has 0 saturated heterocycles. The van der Waals surface area contributed by atoms with Crippen LogP contribution in [0.5, 0.6) is 0 Å². The molecule has 0 aromatic heterocycles. The van der Waals surface area contributed by atoms with Gasteiger partial charge in [0, 0.05) is 6.54 Å². The molecule has 0 bridgehead atoms. The average Bonchev–Trinajstić information content (AvgIpc) is 2.41. The number of nitrogens with two attached hydrogens (primary N) is 1.